The molecule has 2 heterocycles. The van der Waals surface area contributed by atoms with E-state index in [1.54, 1.807) is 30.2 Å². The lowest BCUT2D eigenvalue weighted by Crippen LogP contribution is -2.34. The number of carbonyl (C=O) groups excluding carboxylic acids is 2. The highest BCUT2D eigenvalue weighted by Gasteiger charge is 2.30. The normalized spacial score (nSPS) is 16.8. The van der Waals surface area contributed by atoms with Gasteiger partial charge in [0.15, 0.2) is 0 Å². The second kappa shape index (κ2) is 5.59. The fraction of sp³-hybridized carbons (Fsp3) is 0.267. The molecule has 7 heteroatoms. The summed E-state index contributed by atoms with van der Waals surface area (Å²) in [6, 6.07) is 4.06. The Balaban J connectivity index is 1.76. The van der Waals surface area contributed by atoms with Gasteiger partial charge in [-0.1, -0.05) is 6.07 Å². The number of nitrogens with one attached hydrogen (secondary N) is 2. The third kappa shape index (κ3) is 2.83. The van der Waals surface area contributed by atoms with E-state index in [1.165, 1.54) is 12.1 Å². The number of halogens is 1. The van der Waals surface area contributed by atoms with Gasteiger partial charge in [-0.15, -0.1) is 0 Å². The molecule has 6 nitrogen and oxygen atoms in total. The quantitative estimate of drug-likeness (QED) is 0.897. The zero-order chi connectivity index (χ0) is 15.7. The predicted octanol–water partition coefficient (Wildman–Crippen LogP) is 1.30. The molecule has 3 rings (SSSR count). The molecule has 1 aromatic carbocycles. The van der Waals surface area contributed by atoms with Crippen molar-refractivity contribution in [2.24, 2.45) is 7.05 Å². The fourth-order valence-corrected chi connectivity index (χ4v) is 2.55. The van der Waals surface area contributed by atoms with Gasteiger partial charge in [-0.3, -0.25) is 14.3 Å². The van der Waals surface area contributed by atoms with Crippen LogP contribution in [0.15, 0.2) is 30.6 Å². The van der Waals surface area contributed by atoms with Crippen LogP contribution in [0.5, 0.6) is 0 Å². The average molecular weight is 302 g/mol. The van der Waals surface area contributed by atoms with Crippen LogP contribution in [0.4, 0.5) is 10.1 Å². The molecule has 2 amide bonds. The minimum absolute atomic E-state index is 0.0531. The van der Waals surface area contributed by atoms with E-state index >= 15 is 0 Å². The maximum absolute atomic E-state index is 13.3. The Labute approximate surface area is 126 Å². The van der Waals surface area contributed by atoms with E-state index < -0.39 is 11.7 Å². The SMILES string of the molecule is Cn1cc(CNC(=O)C2CC(=O)Nc3cc(F)ccc32)cn1. The lowest BCUT2D eigenvalue weighted by Gasteiger charge is -2.24. The summed E-state index contributed by atoms with van der Waals surface area (Å²) in [6.07, 6.45) is 3.52. The molecule has 2 N–H and O–H groups in total. The summed E-state index contributed by atoms with van der Waals surface area (Å²) >= 11 is 0. The van der Waals surface area contributed by atoms with Crippen LogP contribution in [-0.4, -0.2) is 21.6 Å². The van der Waals surface area contributed by atoms with Gasteiger partial charge in [-0.05, 0) is 17.7 Å². The van der Waals surface area contributed by atoms with Gasteiger partial charge in [-0.25, -0.2) is 4.39 Å². The van der Waals surface area contributed by atoms with Crippen LogP contribution < -0.4 is 10.6 Å². The number of hydrogen-bond acceptors (Lipinski definition) is 3. The van der Waals surface area contributed by atoms with Gasteiger partial charge < -0.3 is 10.6 Å². The molecule has 0 saturated heterocycles. The number of nitrogens with zero attached hydrogens (tertiary/aromatic N) is 2. The fourth-order valence-electron chi connectivity index (χ4n) is 2.55. The second-order valence-electron chi connectivity index (χ2n) is 5.28. The molecule has 114 valence electrons. The molecule has 1 aromatic heterocycles. The molecule has 0 saturated carbocycles. The summed E-state index contributed by atoms with van der Waals surface area (Å²) in [4.78, 5) is 24.1. The molecule has 0 aliphatic carbocycles. The van der Waals surface area contributed by atoms with E-state index in [0.717, 1.165) is 5.56 Å². The van der Waals surface area contributed by atoms with E-state index in [0.29, 0.717) is 17.8 Å². The van der Waals surface area contributed by atoms with Crippen LogP contribution in [0.1, 0.15) is 23.5 Å². The van der Waals surface area contributed by atoms with Crippen LogP contribution in [-0.2, 0) is 23.2 Å². The minimum Gasteiger partial charge on any atom is -0.351 e. The van der Waals surface area contributed by atoms with Crippen LogP contribution in [0.25, 0.3) is 0 Å². The number of carbonyl (C=O) groups is 2. The number of amides is 2. The number of anilines is 1. The van der Waals surface area contributed by atoms with Crippen molar-refractivity contribution >= 4 is 17.5 Å². The van der Waals surface area contributed by atoms with Gasteiger partial charge in [0.05, 0.1) is 12.1 Å². The Morgan fingerprint density at radius 2 is 2.36 bits per heavy atom. The third-order valence-electron chi connectivity index (χ3n) is 3.60. The summed E-state index contributed by atoms with van der Waals surface area (Å²) in [7, 11) is 1.79. The summed E-state index contributed by atoms with van der Waals surface area (Å²) < 4.78 is 14.9. The maximum Gasteiger partial charge on any atom is 0.228 e. The van der Waals surface area contributed by atoms with Gasteiger partial charge in [0, 0.05) is 37.5 Å². The third-order valence-corrected chi connectivity index (χ3v) is 3.60. The topological polar surface area (TPSA) is 76.0 Å². The van der Waals surface area contributed by atoms with E-state index in [1.807, 2.05) is 0 Å². The van der Waals surface area contributed by atoms with E-state index in [2.05, 4.69) is 15.7 Å². The van der Waals surface area contributed by atoms with Gasteiger partial charge in [0.2, 0.25) is 11.8 Å². The molecule has 1 aliphatic heterocycles. The molecule has 0 spiro atoms. The Bertz CT molecular complexity index is 741. The standard InChI is InChI=1S/C15H15FN4O2/c1-20-8-9(7-18-20)6-17-15(22)12-5-14(21)19-13-4-10(16)2-3-11(12)13/h2-4,7-8,12H,5-6H2,1H3,(H,17,22)(H,19,21). The first-order valence-electron chi connectivity index (χ1n) is 6.87. The molecule has 22 heavy (non-hydrogen) atoms. The smallest absolute Gasteiger partial charge is 0.228 e. The first kappa shape index (κ1) is 14.2. The molecule has 1 atom stereocenters. The number of fused-ring (bicyclic) bond motifs is 1. The highest BCUT2D eigenvalue weighted by Crippen LogP contribution is 2.32. The van der Waals surface area contributed by atoms with Gasteiger partial charge in [0.25, 0.3) is 0 Å². The van der Waals surface area contributed by atoms with Crippen LogP contribution in [0.3, 0.4) is 0 Å². The number of hydrogen-bond donors (Lipinski definition) is 2. The van der Waals surface area contributed by atoms with Crippen LogP contribution >= 0.6 is 0 Å². The molecule has 1 unspecified atom stereocenters. The number of aryl methyl sites for hydroxylation is 1. The first-order valence-corrected chi connectivity index (χ1v) is 6.87. The van der Waals surface area contributed by atoms with Gasteiger partial charge in [-0.2, -0.15) is 5.10 Å². The number of rotatable bonds is 3. The van der Waals surface area contributed by atoms with Crippen molar-refractivity contribution < 1.29 is 14.0 Å². The molecule has 0 radical (unpaired) electrons. The predicted molar refractivity (Wildman–Crippen MR) is 77.4 cm³/mol. The minimum atomic E-state index is -0.610. The van der Waals surface area contributed by atoms with Crippen molar-refractivity contribution in [3.8, 4) is 0 Å². The first-order chi connectivity index (χ1) is 10.5. The summed E-state index contributed by atoms with van der Waals surface area (Å²) in [5, 5.41) is 9.41. The Morgan fingerprint density at radius 3 is 3.09 bits per heavy atom. The van der Waals surface area contributed by atoms with Crippen molar-refractivity contribution in [3.05, 3.63) is 47.5 Å². The number of benzene rings is 1. The maximum atomic E-state index is 13.3. The van der Waals surface area contributed by atoms with Crippen LogP contribution in [0.2, 0.25) is 0 Å². The molecular formula is C15H15FN4O2. The van der Waals surface area contributed by atoms with Crippen molar-refractivity contribution in [1.29, 1.82) is 0 Å². The molecule has 0 fully saturated rings. The van der Waals surface area contributed by atoms with E-state index in [-0.39, 0.29) is 18.2 Å². The number of aromatic nitrogens is 2. The molecule has 0 bridgehead atoms. The van der Waals surface area contributed by atoms with Crippen molar-refractivity contribution in [2.75, 3.05) is 5.32 Å². The van der Waals surface area contributed by atoms with Gasteiger partial charge >= 0.3 is 0 Å². The molecule has 2 aromatic rings. The van der Waals surface area contributed by atoms with E-state index in [4.69, 9.17) is 0 Å². The zero-order valence-corrected chi connectivity index (χ0v) is 12.0. The summed E-state index contributed by atoms with van der Waals surface area (Å²) in [5.41, 5.74) is 1.86. The average Bonchev–Trinajstić information content (AvgIpc) is 2.89. The molecule has 1 aliphatic rings. The zero-order valence-electron chi connectivity index (χ0n) is 12.0. The molecular weight excluding hydrogens is 287 g/mol. The Kier molecular flexibility index (Phi) is 3.62. The Morgan fingerprint density at radius 1 is 1.55 bits per heavy atom. The second-order valence-corrected chi connectivity index (χ2v) is 5.28. The van der Waals surface area contributed by atoms with Crippen molar-refractivity contribution in [1.82, 2.24) is 15.1 Å². The van der Waals surface area contributed by atoms with Crippen molar-refractivity contribution in [2.45, 2.75) is 18.9 Å². The van der Waals surface area contributed by atoms with Crippen LogP contribution in [0, 0.1) is 5.82 Å². The van der Waals surface area contributed by atoms with Gasteiger partial charge in [0.1, 0.15) is 5.82 Å². The highest BCUT2D eigenvalue weighted by atomic mass is 19.1. The highest BCUT2D eigenvalue weighted by molar-refractivity contribution is 6.01. The van der Waals surface area contributed by atoms with Crippen molar-refractivity contribution in [3.63, 3.8) is 0 Å². The summed E-state index contributed by atoms with van der Waals surface area (Å²) in [6.45, 7) is 0.335. The Hall–Kier alpha value is -2.70. The monoisotopic (exact) mass is 302 g/mol. The lowest BCUT2D eigenvalue weighted by atomic mass is 9.89. The summed E-state index contributed by atoms with van der Waals surface area (Å²) in [5.74, 6) is -1.61. The largest absolute Gasteiger partial charge is 0.351 e. The van der Waals surface area contributed by atoms with E-state index in [9.17, 15) is 14.0 Å². The lowest BCUT2D eigenvalue weighted by molar-refractivity contribution is -0.126.